The predicted molar refractivity (Wildman–Crippen MR) is 82.9 cm³/mol. The summed E-state index contributed by atoms with van der Waals surface area (Å²) in [5.74, 6) is -0.180. The summed E-state index contributed by atoms with van der Waals surface area (Å²) >= 11 is 2.10. The van der Waals surface area contributed by atoms with Crippen LogP contribution < -0.4 is 4.74 Å². The van der Waals surface area contributed by atoms with Crippen LogP contribution in [0, 0.1) is 5.82 Å². The van der Waals surface area contributed by atoms with Gasteiger partial charge >= 0.3 is 0 Å². The van der Waals surface area contributed by atoms with Crippen molar-refractivity contribution in [3.8, 4) is 5.75 Å². The van der Waals surface area contributed by atoms with E-state index < -0.39 is 5.82 Å². The van der Waals surface area contributed by atoms with E-state index in [4.69, 9.17) is 4.74 Å². The van der Waals surface area contributed by atoms with Crippen LogP contribution in [0.15, 0.2) is 42.5 Å². The second-order valence-electron chi connectivity index (χ2n) is 4.71. The quantitative estimate of drug-likeness (QED) is 0.579. The highest BCUT2D eigenvalue weighted by atomic mass is 127. The summed E-state index contributed by atoms with van der Waals surface area (Å²) in [7, 11) is 0. The van der Waals surface area contributed by atoms with Gasteiger partial charge in [-0.25, -0.2) is 4.39 Å². The van der Waals surface area contributed by atoms with Gasteiger partial charge < -0.3 is 4.74 Å². The third-order valence-electron chi connectivity index (χ3n) is 3.36. The molecule has 4 heteroatoms. The van der Waals surface area contributed by atoms with Crippen molar-refractivity contribution in [1.29, 1.82) is 0 Å². The molecule has 2 aromatic rings. The Labute approximate surface area is 130 Å². The highest BCUT2D eigenvalue weighted by Crippen LogP contribution is 2.42. The molecule has 0 aliphatic heterocycles. The fourth-order valence-corrected chi connectivity index (χ4v) is 3.35. The van der Waals surface area contributed by atoms with E-state index in [0.717, 1.165) is 5.56 Å². The van der Waals surface area contributed by atoms with Gasteiger partial charge in [-0.15, -0.1) is 0 Å². The molecule has 0 spiro atoms. The van der Waals surface area contributed by atoms with E-state index in [1.165, 1.54) is 0 Å². The van der Waals surface area contributed by atoms with Crippen molar-refractivity contribution in [3.05, 3.63) is 65.0 Å². The molecule has 0 amide bonds. The number of hydrogen-bond acceptors (Lipinski definition) is 2. The van der Waals surface area contributed by atoms with Gasteiger partial charge in [-0.2, -0.15) is 0 Å². The Kier molecular flexibility index (Phi) is 3.74. The minimum atomic E-state index is -0.399. The van der Waals surface area contributed by atoms with Gasteiger partial charge in [0.2, 0.25) is 0 Å². The average molecular weight is 382 g/mol. The van der Waals surface area contributed by atoms with Crippen LogP contribution in [0.1, 0.15) is 31.8 Å². The van der Waals surface area contributed by atoms with Gasteiger partial charge in [0.05, 0.1) is 0 Å². The van der Waals surface area contributed by atoms with E-state index in [9.17, 15) is 9.18 Å². The lowest BCUT2D eigenvalue weighted by Gasteiger charge is -2.11. The van der Waals surface area contributed by atoms with Crippen LogP contribution in [0.4, 0.5) is 4.39 Å². The summed E-state index contributed by atoms with van der Waals surface area (Å²) < 4.78 is 19.9. The first kappa shape index (κ1) is 13.5. The highest BCUT2D eigenvalue weighted by molar-refractivity contribution is 14.1. The average Bonchev–Trinajstić information content (AvgIpc) is 2.75. The monoisotopic (exact) mass is 382 g/mol. The van der Waals surface area contributed by atoms with Crippen molar-refractivity contribution in [2.75, 3.05) is 0 Å². The molecule has 2 aromatic carbocycles. The SMILES string of the molecule is O=C1CC(I)c2c1ccc(OCc1ccccc1)c2F. The Morgan fingerprint density at radius 3 is 2.70 bits per heavy atom. The Balaban J connectivity index is 1.85. The normalized spacial score (nSPS) is 17.1. The lowest BCUT2D eigenvalue weighted by Crippen LogP contribution is -2.01. The molecule has 0 bridgehead atoms. The van der Waals surface area contributed by atoms with Crippen molar-refractivity contribution in [2.24, 2.45) is 0 Å². The van der Waals surface area contributed by atoms with Crippen LogP contribution in [0.25, 0.3) is 0 Å². The number of fused-ring (bicyclic) bond motifs is 1. The van der Waals surface area contributed by atoms with Gasteiger partial charge in [0, 0.05) is 21.5 Å². The van der Waals surface area contributed by atoms with Crippen molar-refractivity contribution in [3.63, 3.8) is 0 Å². The van der Waals surface area contributed by atoms with E-state index in [-0.39, 0.29) is 15.5 Å². The van der Waals surface area contributed by atoms with Crippen LogP contribution in [-0.4, -0.2) is 5.78 Å². The van der Waals surface area contributed by atoms with Crippen molar-refractivity contribution < 1.29 is 13.9 Å². The number of carbonyl (C=O) groups is 1. The number of ketones is 1. The van der Waals surface area contributed by atoms with E-state index in [1.54, 1.807) is 12.1 Å². The van der Waals surface area contributed by atoms with Crippen LogP contribution in [0.5, 0.6) is 5.75 Å². The number of carbonyl (C=O) groups excluding carboxylic acids is 1. The Hall–Kier alpha value is -1.43. The molecule has 3 rings (SSSR count). The summed E-state index contributed by atoms with van der Waals surface area (Å²) in [6.07, 6.45) is 0.370. The molecular weight excluding hydrogens is 370 g/mol. The zero-order valence-corrected chi connectivity index (χ0v) is 12.8. The smallest absolute Gasteiger partial charge is 0.170 e. The first-order valence-corrected chi connectivity index (χ1v) is 7.58. The lowest BCUT2D eigenvalue weighted by atomic mass is 10.1. The van der Waals surface area contributed by atoms with Crippen LogP contribution in [0.3, 0.4) is 0 Å². The third-order valence-corrected chi connectivity index (χ3v) is 4.42. The molecule has 20 heavy (non-hydrogen) atoms. The Bertz CT molecular complexity index is 655. The number of hydrogen-bond donors (Lipinski definition) is 0. The second-order valence-corrected chi connectivity index (χ2v) is 6.21. The lowest BCUT2D eigenvalue weighted by molar-refractivity contribution is 0.0995. The van der Waals surface area contributed by atoms with Crippen molar-refractivity contribution in [1.82, 2.24) is 0 Å². The van der Waals surface area contributed by atoms with Crippen LogP contribution >= 0.6 is 22.6 Å². The highest BCUT2D eigenvalue weighted by Gasteiger charge is 2.31. The molecule has 2 nitrogen and oxygen atoms in total. The minimum absolute atomic E-state index is 0.00732. The largest absolute Gasteiger partial charge is 0.486 e. The van der Waals surface area contributed by atoms with Gasteiger partial charge in [-0.3, -0.25) is 4.79 Å². The molecule has 0 radical (unpaired) electrons. The maximum Gasteiger partial charge on any atom is 0.170 e. The second kappa shape index (κ2) is 5.52. The Morgan fingerprint density at radius 2 is 1.95 bits per heavy atom. The van der Waals surface area contributed by atoms with Gasteiger partial charge in [-0.05, 0) is 17.7 Å². The molecule has 0 saturated heterocycles. The van der Waals surface area contributed by atoms with Crippen molar-refractivity contribution >= 4 is 28.4 Å². The molecule has 1 aliphatic rings. The predicted octanol–water partition coefficient (Wildman–Crippen LogP) is 4.47. The number of halogens is 2. The van der Waals surface area contributed by atoms with Gasteiger partial charge in [0.15, 0.2) is 17.3 Å². The molecule has 0 N–H and O–H groups in total. The van der Waals surface area contributed by atoms with E-state index in [1.807, 2.05) is 30.3 Å². The summed E-state index contributed by atoms with van der Waals surface area (Å²) in [4.78, 5) is 11.7. The molecule has 1 unspecified atom stereocenters. The molecule has 102 valence electrons. The molecule has 0 saturated carbocycles. The van der Waals surface area contributed by atoms with Crippen LogP contribution in [0.2, 0.25) is 0 Å². The standard InChI is InChI=1S/C16H12FIO2/c17-16-14(20-9-10-4-2-1-3-5-10)7-6-11-13(19)8-12(18)15(11)16/h1-7,12H,8-9H2. The summed E-state index contributed by atoms with van der Waals surface area (Å²) in [5.41, 5.74) is 1.96. The number of alkyl halides is 1. The van der Waals surface area contributed by atoms with E-state index in [0.29, 0.717) is 24.2 Å². The number of rotatable bonds is 3. The molecular formula is C16H12FIO2. The number of ether oxygens (including phenoxy) is 1. The molecule has 1 aliphatic carbocycles. The molecule has 0 fully saturated rings. The third kappa shape index (κ3) is 2.44. The zero-order valence-electron chi connectivity index (χ0n) is 10.6. The topological polar surface area (TPSA) is 26.3 Å². The first-order valence-electron chi connectivity index (χ1n) is 6.33. The maximum atomic E-state index is 14.4. The molecule has 0 aromatic heterocycles. The van der Waals surface area contributed by atoms with E-state index >= 15 is 0 Å². The van der Waals surface area contributed by atoms with Crippen LogP contribution in [-0.2, 0) is 6.61 Å². The van der Waals surface area contributed by atoms with E-state index in [2.05, 4.69) is 22.6 Å². The summed E-state index contributed by atoms with van der Waals surface area (Å²) in [6.45, 7) is 0.316. The molecule has 0 heterocycles. The number of benzene rings is 2. The zero-order chi connectivity index (χ0) is 14.1. The first-order chi connectivity index (χ1) is 9.66. The van der Waals surface area contributed by atoms with Gasteiger partial charge in [0.25, 0.3) is 0 Å². The maximum absolute atomic E-state index is 14.4. The minimum Gasteiger partial charge on any atom is -0.486 e. The summed E-state index contributed by atoms with van der Waals surface area (Å²) in [5, 5.41) is 0. The number of Topliss-reactive ketones (excluding diaryl/α,β-unsaturated/α-hetero) is 1. The molecule has 1 atom stereocenters. The fraction of sp³-hybridized carbons (Fsp3) is 0.188. The van der Waals surface area contributed by atoms with Gasteiger partial charge in [0.1, 0.15) is 6.61 Å². The Morgan fingerprint density at radius 1 is 1.20 bits per heavy atom. The summed E-state index contributed by atoms with van der Waals surface area (Å²) in [6, 6.07) is 12.8. The van der Waals surface area contributed by atoms with Crippen molar-refractivity contribution in [2.45, 2.75) is 17.0 Å². The fourth-order valence-electron chi connectivity index (χ4n) is 2.34. The van der Waals surface area contributed by atoms with Gasteiger partial charge in [-0.1, -0.05) is 52.9 Å².